The first kappa shape index (κ1) is 18.6. The summed E-state index contributed by atoms with van der Waals surface area (Å²) in [7, 11) is 1.68. The molecule has 5 nitrogen and oxygen atoms in total. The number of aryl methyl sites for hydroxylation is 2. The molecule has 3 aromatic rings. The molecule has 0 spiro atoms. The highest BCUT2D eigenvalue weighted by molar-refractivity contribution is 5.99. The number of fused-ring (bicyclic) bond motifs is 1. The summed E-state index contributed by atoms with van der Waals surface area (Å²) in [6.07, 6.45) is 0. The molecule has 1 saturated heterocycles. The third kappa shape index (κ3) is 3.76. The third-order valence-corrected chi connectivity index (χ3v) is 5.54. The second-order valence-corrected chi connectivity index (χ2v) is 7.64. The van der Waals surface area contributed by atoms with E-state index in [1.54, 1.807) is 7.11 Å². The number of hydrogen-bond donors (Lipinski definition) is 1. The van der Waals surface area contributed by atoms with Crippen molar-refractivity contribution >= 4 is 16.8 Å². The van der Waals surface area contributed by atoms with E-state index in [1.165, 1.54) is 16.7 Å². The van der Waals surface area contributed by atoms with Gasteiger partial charge in [0.05, 0.1) is 7.11 Å². The van der Waals surface area contributed by atoms with E-state index in [2.05, 4.69) is 48.0 Å². The largest absolute Gasteiger partial charge is 0.497 e. The SMILES string of the molecule is COc1ccc(CN2CCN(C(=O)c3cc4c(C)cc(C)cc4[nH]3)CC2)cc1. The first-order chi connectivity index (χ1) is 13.5. The molecule has 1 aliphatic rings. The molecule has 0 aliphatic carbocycles. The molecule has 1 amide bonds. The van der Waals surface area contributed by atoms with Gasteiger partial charge >= 0.3 is 0 Å². The third-order valence-electron chi connectivity index (χ3n) is 5.54. The van der Waals surface area contributed by atoms with Gasteiger partial charge in [0.1, 0.15) is 11.4 Å². The number of nitrogens with zero attached hydrogens (tertiary/aromatic N) is 2. The summed E-state index contributed by atoms with van der Waals surface area (Å²) in [5, 5.41) is 1.13. The van der Waals surface area contributed by atoms with Gasteiger partial charge in [0.15, 0.2) is 0 Å². The molecule has 2 heterocycles. The molecular weight excluding hydrogens is 350 g/mol. The minimum Gasteiger partial charge on any atom is -0.497 e. The Kier molecular flexibility index (Phi) is 5.09. The summed E-state index contributed by atoms with van der Waals surface area (Å²) in [4.78, 5) is 20.6. The van der Waals surface area contributed by atoms with Crippen LogP contribution in [0.25, 0.3) is 10.9 Å². The van der Waals surface area contributed by atoms with Crippen molar-refractivity contribution in [3.05, 3.63) is 64.8 Å². The molecule has 1 N–H and O–H groups in total. The fraction of sp³-hybridized carbons (Fsp3) is 0.348. The quantitative estimate of drug-likeness (QED) is 0.753. The average Bonchev–Trinajstić information content (AvgIpc) is 3.13. The predicted molar refractivity (Wildman–Crippen MR) is 112 cm³/mol. The van der Waals surface area contributed by atoms with E-state index in [4.69, 9.17) is 4.74 Å². The summed E-state index contributed by atoms with van der Waals surface area (Å²) in [6.45, 7) is 8.35. The lowest BCUT2D eigenvalue weighted by molar-refractivity contribution is 0.0623. The van der Waals surface area contributed by atoms with Crippen molar-refractivity contribution in [3.8, 4) is 5.75 Å². The summed E-state index contributed by atoms with van der Waals surface area (Å²) < 4.78 is 5.22. The van der Waals surface area contributed by atoms with Crippen LogP contribution in [0, 0.1) is 13.8 Å². The summed E-state index contributed by atoms with van der Waals surface area (Å²) in [5.41, 5.74) is 5.40. The molecule has 0 bridgehead atoms. The maximum atomic E-state index is 13.0. The van der Waals surface area contributed by atoms with Gasteiger partial charge in [-0.2, -0.15) is 0 Å². The number of piperazine rings is 1. The van der Waals surface area contributed by atoms with Crippen molar-refractivity contribution in [2.45, 2.75) is 20.4 Å². The highest BCUT2D eigenvalue weighted by atomic mass is 16.5. The number of nitrogens with one attached hydrogen (secondary N) is 1. The Hall–Kier alpha value is -2.79. The Balaban J connectivity index is 1.39. The van der Waals surface area contributed by atoms with Crippen molar-refractivity contribution < 1.29 is 9.53 Å². The monoisotopic (exact) mass is 377 g/mol. The van der Waals surface area contributed by atoms with E-state index >= 15 is 0 Å². The molecule has 1 aromatic heterocycles. The number of methoxy groups -OCH3 is 1. The molecule has 0 atom stereocenters. The molecule has 146 valence electrons. The average molecular weight is 377 g/mol. The van der Waals surface area contributed by atoms with E-state index in [0.717, 1.165) is 49.4 Å². The molecule has 0 saturated carbocycles. The Morgan fingerprint density at radius 3 is 2.43 bits per heavy atom. The van der Waals surface area contributed by atoms with Crippen molar-refractivity contribution in [2.24, 2.45) is 0 Å². The van der Waals surface area contributed by atoms with E-state index < -0.39 is 0 Å². The molecule has 5 heteroatoms. The highest BCUT2D eigenvalue weighted by Gasteiger charge is 2.23. The zero-order valence-electron chi connectivity index (χ0n) is 16.8. The van der Waals surface area contributed by atoms with Gasteiger partial charge in [0.25, 0.3) is 5.91 Å². The fourth-order valence-electron chi connectivity index (χ4n) is 3.98. The van der Waals surface area contributed by atoms with Crippen LogP contribution >= 0.6 is 0 Å². The Morgan fingerprint density at radius 2 is 1.75 bits per heavy atom. The molecule has 1 aliphatic heterocycles. The summed E-state index contributed by atoms with van der Waals surface area (Å²) >= 11 is 0. The highest BCUT2D eigenvalue weighted by Crippen LogP contribution is 2.23. The second-order valence-electron chi connectivity index (χ2n) is 7.64. The van der Waals surface area contributed by atoms with Crippen LogP contribution in [-0.2, 0) is 6.54 Å². The minimum atomic E-state index is 0.0948. The number of ether oxygens (including phenoxy) is 1. The lowest BCUT2D eigenvalue weighted by atomic mass is 10.1. The zero-order valence-corrected chi connectivity index (χ0v) is 16.8. The maximum Gasteiger partial charge on any atom is 0.270 e. The van der Waals surface area contributed by atoms with Crippen LogP contribution in [-0.4, -0.2) is 54.0 Å². The molecule has 28 heavy (non-hydrogen) atoms. The first-order valence-electron chi connectivity index (χ1n) is 9.78. The minimum absolute atomic E-state index is 0.0948. The molecule has 0 unspecified atom stereocenters. The topological polar surface area (TPSA) is 48.6 Å². The number of amides is 1. The van der Waals surface area contributed by atoms with Gasteiger partial charge in [-0.25, -0.2) is 0 Å². The lowest BCUT2D eigenvalue weighted by Crippen LogP contribution is -2.48. The normalized spacial score (nSPS) is 15.2. The van der Waals surface area contributed by atoms with E-state index in [9.17, 15) is 4.79 Å². The molecule has 2 aromatic carbocycles. The van der Waals surface area contributed by atoms with Crippen molar-refractivity contribution in [3.63, 3.8) is 0 Å². The van der Waals surface area contributed by atoms with E-state index in [0.29, 0.717) is 5.69 Å². The van der Waals surface area contributed by atoms with Crippen LogP contribution in [0.4, 0.5) is 0 Å². The maximum absolute atomic E-state index is 13.0. The van der Waals surface area contributed by atoms with Crippen LogP contribution in [0.1, 0.15) is 27.2 Å². The standard InChI is InChI=1S/C23H27N3O2/c1-16-12-17(2)20-14-22(24-21(20)13-16)23(27)26-10-8-25(9-11-26)15-18-4-6-19(28-3)7-5-18/h4-7,12-14,24H,8-11,15H2,1-3H3. The second kappa shape index (κ2) is 7.68. The number of benzene rings is 2. The Morgan fingerprint density at radius 1 is 1.04 bits per heavy atom. The Bertz CT molecular complexity index is 983. The van der Waals surface area contributed by atoms with Crippen molar-refractivity contribution in [2.75, 3.05) is 33.3 Å². The van der Waals surface area contributed by atoms with E-state index in [-0.39, 0.29) is 5.91 Å². The molecule has 0 radical (unpaired) electrons. The number of rotatable bonds is 4. The van der Waals surface area contributed by atoms with Crippen LogP contribution in [0.2, 0.25) is 0 Å². The van der Waals surface area contributed by atoms with Crippen molar-refractivity contribution in [1.82, 2.24) is 14.8 Å². The van der Waals surface area contributed by atoms with Crippen molar-refractivity contribution in [1.29, 1.82) is 0 Å². The van der Waals surface area contributed by atoms with Gasteiger partial charge in [-0.1, -0.05) is 18.2 Å². The van der Waals surface area contributed by atoms with Gasteiger partial charge in [-0.15, -0.1) is 0 Å². The first-order valence-corrected chi connectivity index (χ1v) is 9.78. The number of carbonyl (C=O) groups excluding carboxylic acids is 1. The van der Waals surface area contributed by atoms with Crippen LogP contribution in [0.5, 0.6) is 5.75 Å². The van der Waals surface area contributed by atoms with Gasteiger partial charge < -0.3 is 14.6 Å². The molecule has 1 fully saturated rings. The smallest absolute Gasteiger partial charge is 0.270 e. The number of hydrogen-bond acceptors (Lipinski definition) is 3. The molecular formula is C23H27N3O2. The summed E-state index contributed by atoms with van der Waals surface area (Å²) in [5.74, 6) is 0.972. The van der Waals surface area contributed by atoms with Crippen LogP contribution in [0.15, 0.2) is 42.5 Å². The van der Waals surface area contributed by atoms with Crippen LogP contribution < -0.4 is 4.74 Å². The van der Waals surface area contributed by atoms with E-state index in [1.807, 2.05) is 23.1 Å². The number of carbonyl (C=O) groups is 1. The van der Waals surface area contributed by atoms with Gasteiger partial charge in [0, 0.05) is 43.6 Å². The Labute approximate surface area is 165 Å². The van der Waals surface area contributed by atoms with Crippen LogP contribution in [0.3, 0.4) is 0 Å². The predicted octanol–water partition coefficient (Wildman–Crippen LogP) is 3.75. The lowest BCUT2D eigenvalue weighted by Gasteiger charge is -2.34. The van der Waals surface area contributed by atoms with Gasteiger partial charge in [-0.3, -0.25) is 9.69 Å². The van der Waals surface area contributed by atoms with Gasteiger partial charge in [-0.05, 0) is 54.8 Å². The fourth-order valence-corrected chi connectivity index (χ4v) is 3.98. The zero-order chi connectivity index (χ0) is 19.7. The number of aromatic nitrogens is 1. The number of H-pyrrole nitrogens is 1. The summed E-state index contributed by atoms with van der Waals surface area (Å²) in [6, 6.07) is 14.4. The number of aromatic amines is 1. The molecule has 4 rings (SSSR count). The van der Waals surface area contributed by atoms with Gasteiger partial charge in [0.2, 0.25) is 0 Å².